The molecule has 7 nitrogen and oxygen atoms in total. The molecule has 0 atom stereocenters. The molecule has 10 heteroatoms. The molecule has 3 rings (SSSR count). The first-order valence-corrected chi connectivity index (χ1v) is 10.5. The van der Waals surface area contributed by atoms with Crippen molar-refractivity contribution in [2.75, 3.05) is 5.32 Å². The maximum atomic E-state index is 12.3. The smallest absolute Gasteiger partial charge is 0.257 e. The zero-order valence-electron chi connectivity index (χ0n) is 14.1. The fraction of sp³-hybridized carbons (Fsp3) is 0.118. The second-order valence-corrected chi connectivity index (χ2v) is 8.87. The molecule has 0 spiro atoms. The summed E-state index contributed by atoms with van der Waals surface area (Å²) in [5, 5.41) is 11.6. The Morgan fingerprint density at radius 3 is 2.41 bits per heavy atom. The summed E-state index contributed by atoms with van der Waals surface area (Å²) in [6, 6.07) is 12.9. The van der Waals surface area contributed by atoms with Gasteiger partial charge in [0.1, 0.15) is 5.01 Å². The van der Waals surface area contributed by atoms with Crippen LogP contribution in [0.15, 0.2) is 53.4 Å². The predicted molar refractivity (Wildman–Crippen MR) is 105 cm³/mol. The number of hydrogen-bond acceptors (Lipinski definition) is 6. The first-order chi connectivity index (χ1) is 12.8. The van der Waals surface area contributed by atoms with Gasteiger partial charge in [0.25, 0.3) is 5.91 Å². The number of aryl methyl sites for hydroxylation is 1. The monoisotopic (exact) mass is 422 g/mol. The van der Waals surface area contributed by atoms with E-state index in [4.69, 9.17) is 11.6 Å². The molecule has 2 aromatic carbocycles. The Labute approximate surface area is 165 Å². The van der Waals surface area contributed by atoms with E-state index < -0.39 is 10.0 Å². The van der Waals surface area contributed by atoms with Crippen molar-refractivity contribution in [3.05, 3.63) is 69.7 Å². The van der Waals surface area contributed by atoms with Gasteiger partial charge in [-0.05, 0) is 43.3 Å². The van der Waals surface area contributed by atoms with Crippen LogP contribution >= 0.6 is 22.9 Å². The number of rotatable bonds is 6. The van der Waals surface area contributed by atoms with Gasteiger partial charge in [-0.15, -0.1) is 10.2 Å². The Morgan fingerprint density at radius 2 is 1.74 bits per heavy atom. The number of anilines is 1. The van der Waals surface area contributed by atoms with Crippen LogP contribution in [0, 0.1) is 6.92 Å². The molecule has 27 heavy (non-hydrogen) atoms. The molecule has 1 aromatic heterocycles. The van der Waals surface area contributed by atoms with Crippen molar-refractivity contribution in [2.45, 2.75) is 18.4 Å². The SMILES string of the molecule is Cc1ccc(S(=O)(=O)NCc2nnc(NC(=O)c3ccc(Cl)cc3)s2)cc1. The van der Waals surface area contributed by atoms with Crippen LogP contribution in [0.3, 0.4) is 0 Å². The number of nitrogens with one attached hydrogen (secondary N) is 2. The number of nitrogens with zero attached hydrogens (tertiary/aromatic N) is 2. The third kappa shape index (κ3) is 5.10. The van der Waals surface area contributed by atoms with Gasteiger partial charge in [-0.2, -0.15) is 0 Å². The van der Waals surface area contributed by atoms with Gasteiger partial charge in [-0.3, -0.25) is 10.1 Å². The van der Waals surface area contributed by atoms with E-state index in [-0.39, 0.29) is 22.5 Å². The molecule has 0 saturated heterocycles. The van der Waals surface area contributed by atoms with E-state index in [1.807, 2.05) is 6.92 Å². The van der Waals surface area contributed by atoms with Gasteiger partial charge < -0.3 is 0 Å². The first kappa shape index (κ1) is 19.4. The number of hydrogen-bond donors (Lipinski definition) is 2. The Balaban J connectivity index is 1.61. The van der Waals surface area contributed by atoms with Crippen LogP contribution in [-0.4, -0.2) is 24.5 Å². The highest BCUT2D eigenvalue weighted by Gasteiger charge is 2.15. The van der Waals surface area contributed by atoms with E-state index >= 15 is 0 Å². The molecule has 2 N–H and O–H groups in total. The highest BCUT2D eigenvalue weighted by atomic mass is 35.5. The summed E-state index contributed by atoms with van der Waals surface area (Å²) in [5.41, 5.74) is 1.40. The maximum Gasteiger partial charge on any atom is 0.257 e. The summed E-state index contributed by atoms with van der Waals surface area (Å²) in [5.74, 6) is -0.352. The quantitative estimate of drug-likeness (QED) is 0.635. The number of carbonyl (C=O) groups is 1. The number of amides is 1. The van der Waals surface area contributed by atoms with Crippen molar-refractivity contribution in [3.63, 3.8) is 0 Å². The average Bonchev–Trinajstić information content (AvgIpc) is 3.08. The summed E-state index contributed by atoms with van der Waals surface area (Å²) < 4.78 is 27.0. The van der Waals surface area contributed by atoms with Gasteiger partial charge in [-0.25, -0.2) is 13.1 Å². The van der Waals surface area contributed by atoms with Crippen molar-refractivity contribution >= 4 is 44.0 Å². The van der Waals surface area contributed by atoms with Gasteiger partial charge in [-0.1, -0.05) is 40.6 Å². The topological polar surface area (TPSA) is 101 Å². The van der Waals surface area contributed by atoms with Crippen LogP contribution < -0.4 is 10.0 Å². The van der Waals surface area contributed by atoms with Crippen molar-refractivity contribution < 1.29 is 13.2 Å². The molecule has 0 unspecified atom stereocenters. The standard InChI is InChI=1S/C17H15ClN4O3S2/c1-11-2-8-14(9-3-11)27(24,25)19-10-15-21-22-17(26-15)20-16(23)12-4-6-13(18)7-5-12/h2-9,19H,10H2,1H3,(H,20,22,23). The number of aromatic nitrogens is 2. The number of sulfonamides is 1. The summed E-state index contributed by atoms with van der Waals surface area (Å²) in [7, 11) is -3.65. The van der Waals surface area contributed by atoms with Crippen molar-refractivity contribution in [2.24, 2.45) is 0 Å². The zero-order valence-corrected chi connectivity index (χ0v) is 16.5. The van der Waals surface area contributed by atoms with Crippen LogP contribution in [0.4, 0.5) is 5.13 Å². The lowest BCUT2D eigenvalue weighted by molar-refractivity contribution is 0.102. The summed E-state index contributed by atoms with van der Waals surface area (Å²) >= 11 is 6.89. The molecule has 3 aromatic rings. The van der Waals surface area contributed by atoms with Gasteiger partial charge in [0.15, 0.2) is 0 Å². The molecule has 0 saturated carbocycles. The molecule has 0 fully saturated rings. The molecular weight excluding hydrogens is 408 g/mol. The lowest BCUT2D eigenvalue weighted by Crippen LogP contribution is -2.23. The fourth-order valence-corrected chi connectivity index (χ4v) is 3.98. The van der Waals surface area contributed by atoms with Crippen LogP contribution in [0.1, 0.15) is 20.9 Å². The van der Waals surface area contributed by atoms with Gasteiger partial charge in [0.05, 0.1) is 11.4 Å². The maximum absolute atomic E-state index is 12.3. The van der Waals surface area contributed by atoms with E-state index in [0.29, 0.717) is 15.6 Å². The second kappa shape index (κ2) is 8.13. The van der Waals surface area contributed by atoms with Crippen LogP contribution in [0.5, 0.6) is 0 Å². The Hall–Kier alpha value is -2.33. The first-order valence-electron chi connectivity index (χ1n) is 7.79. The minimum atomic E-state index is -3.65. The largest absolute Gasteiger partial charge is 0.296 e. The van der Waals surface area contributed by atoms with E-state index in [1.54, 1.807) is 36.4 Å². The van der Waals surface area contributed by atoms with E-state index in [0.717, 1.165) is 16.9 Å². The normalized spacial score (nSPS) is 11.3. The minimum absolute atomic E-state index is 0.0231. The van der Waals surface area contributed by atoms with Crippen molar-refractivity contribution in [1.29, 1.82) is 0 Å². The predicted octanol–water partition coefficient (Wildman–Crippen LogP) is 3.23. The third-order valence-electron chi connectivity index (χ3n) is 3.54. The highest BCUT2D eigenvalue weighted by molar-refractivity contribution is 7.89. The van der Waals surface area contributed by atoms with E-state index in [1.165, 1.54) is 12.1 Å². The van der Waals surface area contributed by atoms with Crippen molar-refractivity contribution in [1.82, 2.24) is 14.9 Å². The fourth-order valence-electron chi connectivity index (χ4n) is 2.10. The second-order valence-electron chi connectivity index (χ2n) is 5.60. The molecule has 0 aliphatic rings. The lowest BCUT2D eigenvalue weighted by Gasteiger charge is -2.05. The van der Waals surface area contributed by atoms with Gasteiger partial charge in [0, 0.05) is 10.6 Å². The number of halogens is 1. The zero-order chi connectivity index (χ0) is 19.4. The highest BCUT2D eigenvalue weighted by Crippen LogP contribution is 2.18. The van der Waals surface area contributed by atoms with E-state index in [9.17, 15) is 13.2 Å². The molecule has 0 bridgehead atoms. The molecule has 140 valence electrons. The van der Waals surface area contributed by atoms with Crippen molar-refractivity contribution in [3.8, 4) is 0 Å². The molecular formula is C17H15ClN4O3S2. The third-order valence-corrected chi connectivity index (χ3v) is 6.05. The van der Waals surface area contributed by atoms with Crippen LogP contribution in [0.25, 0.3) is 0 Å². The molecule has 1 amide bonds. The Bertz CT molecular complexity index is 1050. The van der Waals surface area contributed by atoms with Crippen LogP contribution in [-0.2, 0) is 16.6 Å². The molecule has 0 radical (unpaired) electrons. The summed E-state index contributed by atoms with van der Waals surface area (Å²) in [6.45, 7) is 1.86. The van der Waals surface area contributed by atoms with Gasteiger partial charge >= 0.3 is 0 Å². The molecule has 0 aliphatic heterocycles. The Morgan fingerprint density at radius 1 is 1.07 bits per heavy atom. The molecule has 0 aliphatic carbocycles. The van der Waals surface area contributed by atoms with Crippen LogP contribution in [0.2, 0.25) is 5.02 Å². The summed E-state index contributed by atoms with van der Waals surface area (Å²) in [4.78, 5) is 12.3. The molecule has 1 heterocycles. The lowest BCUT2D eigenvalue weighted by atomic mass is 10.2. The number of carbonyl (C=O) groups excluding carboxylic acids is 1. The summed E-state index contributed by atoms with van der Waals surface area (Å²) in [6.07, 6.45) is 0. The number of benzene rings is 2. The average molecular weight is 423 g/mol. The minimum Gasteiger partial charge on any atom is -0.296 e. The van der Waals surface area contributed by atoms with Gasteiger partial charge in [0.2, 0.25) is 15.2 Å². The Kier molecular flexibility index (Phi) is 5.85. The van der Waals surface area contributed by atoms with E-state index in [2.05, 4.69) is 20.2 Å².